The summed E-state index contributed by atoms with van der Waals surface area (Å²) in [7, 11) is 0. The molecule has 182 valence electrons. The maximum absolute atomic E-state index is 14.6. The van der Waals surface area contributed by atoms with Crippen LogP contribution in [0.4, 0.5) is 13.2 Å². The zero-order valence-electron chi connectivity index (χ0n) is 19.0. The number of ether oxygens (including phenoxy) is 1. The Labute approximate surface area is 207 Å². The Hall–Kier alpha value is -4.80. The average molecular weight is 499 g/mol. The monoisotopic (exact) mass is 499 g/mol. The molecule has 0 fully saturated rings. The summed E-state index contributed by atoms with van der Waals surface area (Å²) >= 11 is 0. The number of aromatic nitrogens is 7. The molecule has 0 spiro atoms. The largest absolute Gasteiger partial charge is 0.490 e. The van der Waals surface area contributed by atoms with Gasteiger partial charge in [-0.1, -0.05) is 12.1 Å². The SMILES string of the molecule is Fc1ccc2ncn(-c3ncc4nc(-c5ccc(F)nc5)n([C@@H]5CCOc6c(F)cccc65)c4n3)c2c1. The number of halogens is 3. The van der Waals surface area contributed by atoms with Crippen LogP contribution >= 0.6 is 0 Å². The van der Waals surface area contributed by atoms with E-state index in [1.54, 1.807) is 35.0 Å². The lowest BCUT2D eigenvalue weighted by Gasteiger charge is -2.28. The van der Waals surface area contributed by atoms with E-state index >= 15 is 0 Å². The molecule has 5 heterocycles. The lowest BCUT2D eigenvalue weighted by atomic mass is 9.99. The van der Waals surface area contributed by atoms with E-state index in [4.69, 9.17) is 14.7 Å². The summed E-state index contributed by atoms with van der Waals surface area (Å²) in [5.41, 5.74) is 3.22. The first-order valence-electron chi connectivity index (χ1n) is 11.5. The zero-order valence-corrected chi connectivity index (χ0v) is 19.0. The lowest BCUT2D eigenvalue weighted by molar-refractivity contribution is 0.246. The third-order valence-electron chi connectivity index (χ3n) is 6.44. The molecular weight excluding hydrogens is 483 g/mol. The quantitative estimate of drug-likeness (QED) is 0.318. The minimum atomic E-state index is -0.619. The van der Waals surface area contributed by atoms with E-state index in [0.29, 0.717) is 45.6 Å². The van der Waals surface area contributed by atoms with Crippen LogP contribution in [0.5, 0.6) is 5.75 Å². The molecule has 1 aliphatic heterocycles. The van der Waals surface area contributed by atoms with Crippen molar-refractivity contribution in [2.45, 2.75) is 12.5 Å². The second kappa shape index (κ2) is 8.12. The van der Waals surface area contributed by atoms with Crippen molar-refractivity contribution < 1.29 is 17.9 Å². The van der Waals surface area contributed by atoms with E-state index in [0.717, 1.165) is 0 Å². The van der Waals surface area contributed by atoms with Gasteiger partial charge >= 0.3 is 0 Å². The molecule has 37 heavy (non-hydrogen) atoms. The van der Waals surface area contributed by atoms with E-state index in [1.165, 1.54) is 36.8 Å². The molecule has 8 nitrogen and oxygen atoms in total. The number of hydrogen-bond acceptors (Lipinski definition) is 6. The van der Waals surface area contributed by atoms with Gasteiger partial charge < -0.3 is 9.30 Å². The molecule has 0 bridgehead atoms. The van der Waals surface area contributed by atoms with E-state index in [1.807, 2.05) is 4.57 Å². The summed E-state index contributed by atoms with van der Waals surface area (Å²) in [5.74, 6) is -0.582. The molecule has 0 amide bonds. The van der Waals surface area contributed by atoms with Crippen LogP contribution in [0.25, 0.3) is 39.5 Å². The van der Waals surface area contributed by atoms with Crippen LogP contribution in [-0.2, 0) is 0 Å². The molecule has 1 aliphatic rings. The van der Waals surface area contributed by atoms with E-state index in [2.05, 4.69) is 15.0 Å². The lowest BCUT2D eigenvalue weighted by Crippen LogP contribution is -2.22. The van der Waals surface area contributed by atoms with Gasteiger partial charge in [-0.2, -0.15) is 9.37 Å². The molecule has 0 saturated carbocycles. The van der Waals surface area contributed by atoms with Gasteiger partial charge in [0, 0.05) is 29.8 Å². The van der Waals surface area contributed by atoms with Crippen LogP contribution in [0.1, 0.15) is 18.0 Å². The van der Waals surface area contributed by atoms with Gasteiger partial charge in [-0.25, -0.2) is 28.7 Å². The number of imidazole rings is 2. The number of benzene rings is 2. The Morgan fingerprint density at radius 3 is 2.68 bits per heavy atom. The van der Waals surface area contributed by atoms with Gasteiger partial charge in [-0.3, -0.25) is 4.57 Å². The first-order valence-corrected chi connectivity index (χ1v) is 11.5. The second-order valence-corrected chi connectivity index (χ2v) is 8.61. The molecule has 0 radical (unpaired) electrons. The number of fused-ring (bicyclic) bond motifs is 3. The number of nitrogens with zero attached hydrogens (tertiary/aromatic N) is 7. The molecule has 0 aliphatic carbocycles. The van der Waals surface area contributed by atoms with E-state index < -0.39 is 17.6 Å². The average Bonchev–Trinajstić information content (AvgIpc) is 3.50. The number of pyridine rings is 1. The van der Waals surface area contributed by atoms with Crippen molar-refractivity contribution >= 4 is 22.2 Å². The summed E-state index contributed by atoms with van der Waals surface area (Å²) < 4.78 is 51.3. The molecular formula is C26H16F3N7O. The maximum Gasteiger partial charge on any atom is 0.237 e. The third-order valence-corrected chi connectivity index (χ3v) is 6.44. The van der Waals surface area contributed by atoms with Gasteiger partial charge in [0.1, 0.15) is 23.5 Å². The minimum absolute atomic E-state index is 0.175. The zero-order chi connectivity index (χ0) is 25.1. The Morgan fingerprint density at radius 2 is 1.81 bits per heavy atom. The highest BCUT2D eigenvalue weighted by Gasteiger charge is 2.30. The van der Waals surface area contributed by atoms with Crippen molar-refractivity contribution in [3.05, 3.63) is 90.4 Å². The van der Waals surface area contributed by atoms with E-state index in [9.17, 15) is 13.2 Å². The molecule has 4 aromatic heterocycles. The van der Waals surface area contributed by atoms with Crippen molar-refractivity contribution in [3.63, 3.8) is 0 Å². The molecule has 0 saturated heterocycles. The van der Waals surface area contributed by atoms with E-state index in [-0.39, 0.29) is 24.3 Å². The van der Waals surface area contributed by atoms with Crippen molar-refractivity contribution in [2.75, 3.05) is 6.61 Å². The fraction of sp³-hybridized carbons (Fsp3) is 0.115. The minimum Gasteiger partial charge on any atom is -0.490 e. The highest BCUT2D eigenvalue weighted by Crippen LogP contribution is 2.40. The van der Waals surface area contributed by atoms with Crippen molar-refractivity contribution in [1.29, 1.82) is 0 Å². The highest BCUT2D eigenvalue weighted by atomic mass is 19.1. The van der Waals surface area contributed by atoms with Gasteiger partial charge in [0.05, 0.1) is 29.9 Å². The van der Waals surface area contributed by atoms with Crippen LogP contribution in [0.2, 0.25) is 0 Å². The molecule has 0 unspecified atom stereocenters. The molecule has 6 aromatic rings. The fourth-order valence-electron chi connectivity index (χ4n) is 4.78. The molecule has 11 heteroatoms. The Balaban J connectivity index is 1.49. The predicted octanol–water partition coefficient (Wildman–Crippen LogP) is 5.02. The molecule has 0 N–H and O–H groups in total. The topological polar surface area (TPSA) is 83.5 Å². The summed E-state index contributed by atoms with van der Waals surface area (Å²) in [6.45, 7) is 0.281. The number of hydrogen-bond donors (Lipinski definition) is 0. The Bertz CT molecular complexity index is 1810. The Morgan fingerprint density at radius 1 is 0.892 bits per heavy atom. The van der Waals surface area contributed by atoms with Gasteiger partial charge in [0.25, 0.3) is 0 Å². The first kappa shape index (κ1) is 21.5. The van der Waals surface area contributed by atoms with Crippen LogP contribution in [0.15, 0.2) is 67.3 Å². The number of para-hydroxylation sites is 1. The molecule has 2 aromatic carbocycles. The summed E-state index contributed by atoms with van der Waals surface area (Å²) in [5, 5.41) is 0. The van der Waals surface area contributed by atoms with Gasteiger partial charge in [-0.05, 0) is 30.3 Å². The maximum atomic E-state index is 14.6. The normalized spacial score (nSPS) is 15.2. The fourth-order valence-corrected chi connectivity index (χ4v) is 4.78. The highest BCUT2D eigenvalue weighted by molar-refractivity contribution is 5.79. The smallest absolute Gasteiger partial charge is 0.237 e. The van der Waals surface area contributed by atoms with Crippen molar-refractivity contribution in [2.24, 2.45) is 0 Å². The second-order valence-electron chi connectivity index (χ2n) is 8.61. The standard InChI is InChI=1S/C26H16F3N7O/c27-15-5-6-18-21(10-15)35(13-32-18)26-31-12-19-25(34-26)36(24(33-19)14-4-7-22(29)30-11-14)20-8-9-37-23-16(20)2-1-3-17(23)28/h1-7,10-13,20H,8-9H2/t20-/m1/s1. The van der Waals surface area contributed by atoms with Crippen molar-refractivity contribution in [1.82, 2.24) is 34.1 Å². The first-order chi connectivity index (χ1) is 18.1. The summed E-state index contributed by atoms with van der Waals surface area (Å²) in [6, 6.07) is 11.5. The van der Waals surface area contributed by atoms with Gasteiger partial charge in [0.2, 0.25) is 11.9 Å². The van der Waals surface area contributed by atoms with Crippen LogP contribution in [-0.4, -0.2) is 40.7 Å². The summed E-state index contributed by atoms with van der Waals surface area (Å²) in [4.78, 5) is 22.1. The molecule has 7 rings (SSSR count). The summed E-state index contributed by atoms with van der Waals surface area (Å²) in [6.07, 6.45) is 4.99. The van der Waals surface area contributed by atoms with Gasteiger partial charge in [-0.15, -0.1) is 0 Å². The van der Waals surface area contributed by atoms with Crippen LogP contribution in [0, 0.1) is 17.6 Å². The number of rotatable bonds is 3. The molecule has 1 atom stereocenters. The van der Waals surface area contributed by atoms with Crippen LogP contribution < -0.4 is 4.74 Å². The van der Waals surface area contributed by atoms with Crippen LogP contribution in [0.3, 0.4) is 0 Å². The van der Waals surface area contributed by atoms with Crippen molar-refractivity contribution in [3.8, 4) is 23.1 Å². The van der Waals surface area contributed by atoms with Gasteiger partial charge in [0.15, 0.2) is 17.2 Å². The third kappa shape index (κ3) is 3.42. The predicted molar refractivity (Wildman–Crippen MR) is 128 cm³/mol. The Kier molecular flexibility index (Phi) is 4.71.